The molecule has 1 heterocycles. The van der Waals surface area contributed by atoms with E-state index in [9.17, 15) is 21.6 Å². The van der Waals surface area contributed by atoms with Gasteiger partial charge in [0, 0.05) is 25.8 Å². The molecule has 180 valence electrons. The highest BCUT2D eigenvalue weighted by Gasteiger charge is 2.27. The maximum absolute atomic E-state index is 13.2. The van der Waals surface area contributed by atoms with Crippen molar-refractivity contribution in [3.63, 3.8) is 0 Å². The molecule has 0 spiro atoms. The number of carbonyl (C=O) groups excluding carboxylic acids is 1. The minimum Gasteiger partial charge on any atom is -0.325 e. The zero-order valence-corrected chi connectivity index (χ0v) is 20.9. The van der Waals surface area contributed by atoms with Crippen LogP contribution >= 0.6 is 0 Å². The number of amides is 1. The average Bonchev–Trinajstić information content (AvgIpc) is 3.05. The van der Waals surface area contributed by atoms with Crippen LogP contribution in [0.15, 0.2) is 52.3 Å². The molecular weight excluding hydrogens is 462 g/mol. The summed E-state index contributed by atoms with van der Waals surface area (Å²) in [5.41, 5.74) is 1.83. The van der Waals surface area contributed by atoms with Gasteiger partial charge >= 0.3 is 0 Å². The van der Waals surface area contributed by atoms with Crippen molar-refractivity contribution in [1.82, 2.24) is 8.61 Å². The summed E-state index contributed by atoms with van der Waals surface area (Å²) in [6.07, 6.45) is 3.69. The minimum atomic E-state index is -3.83. The fourth-order valence-electron chi connectivity index (χ4n) is 3.75. The van der Waals surface area contributed by atoms with E-state index in [2.05, 4.69) is 5.32 Å². The zero-order chi connectivity index (χ0) is 24.2. The molecule has 0 aromatic heterocycles. The van der Waals surface area contributed by atoms with E-state index in [1.807, 2.05) is 6.92 Å². The molecule has 0 saturated carbocycles. The third kappa shape index (κ3) is 6.00. The van der Waals surface area contributed by atoms with Crippen molar-refractivity contribution in [1.29, 1.82) is 0 Å². The maximum atomic E-state index is 13.2. The van der Waals surface area contributed by atoms with Crippen molar-refractivity contribution in [3.8, 4) is 0 Å². The zero-order valence-electron chi connectivity index (χ0n) is 19.2. The van der Waals surface area contributed by atoms with Crippen LogP contribution in [0.3, 0.4) is 0 Å². The summed E-state index contributed by atoms with van der Waals surface area (Å²) in [5.74, 6) is -0.560. The van der Waals surface area contributed by atoms with Crippen molar-refractivity contribution in [3.05, 3.63) is 53.6 Å². The highest BCUT2D eigenvalue weighted by molar-refractivity contribution is 7.89. The van der Waals surface area contributed by atoms with Gasteiger partial charge in [-0.3, -0.25) is 4.79 Å². The maximum Gasteiger partial charge on any atom is 0.243 e. The molecule has 0 bridgehead atoms. The summed E-state index contributed by atoms with van der Waals surface area (Å²) in [7, 11) is -6.18. The number of aryl methyl sites for hydroxylation is 2. The number of hydrogen-bond acceptors (Lipinski definition) is 5. The number of likely N-dealkylation sites (N-methyl/N-ethyl adjacent to an activating group) is 1. The summed E-state index contributed by atoms with van der Waals surface area (Å²) in [6, 6.07) is 11.1. The van der Waals surface area contributed by atoms with Gasteiger partial charge in [0.2, 0.25) is 26.0 Å². The highest BCUT2D eigenvalue weighted by atomic mass is 32.2. The normalized spacial score (nSPS) is 15.9. The summed E-state index contributed by atoms with van der Waals surface area (Å²) < 4.78 is 54.4. The molecule has 0 unspecified atom stereocenters. The molecule has 0 atom stereocenters. The van der Waals surface area contributed by atoms with Gasteiger partial charge < -0.3 is 5.32 Å². The van der Waals surface area contributed by atoms with Crippen molar-refractivity contribution < 1.29 is 21.6 Å². The standard InChI is InChI=1S/C23H31N3O5S2/c1-18-8-12-21(13-9-18)32(28,29)25(3)17-23(27)24-20-11-10-19(2)22(16-20)33(30,31)26-14-6-4-5-7-15-26/h8-13,16H,4-7,14-15,17H2,1-3H3,(H,24,27). The van der Waals surface area contributed by atoms with E-state index in [1.54, 1.807) is 31.2 Å². The Labute approximate surface area is 196 Å². The summed E-state index contributed by atoms with van der Waals surface area (Å²) in [5, 5.41) is 2.63. The molecule has 1 saturated heterocycles. The summed E-state index contributed by atoms with van der Waals surface area (Å²) in [6.45, 7) is 4.15. The number of anilines is 1. The van der Waals surface area contributed by atoms with Gasteiger partial charge in [-0.05, 0) is 56.5 Å². The predicted molar refractivity (Wildman–Crippen MR) is 128 cm³/mol. The Morgan fingerprint density at radius 3 is 2.15 bits per heavy atom. The van der Waals surface area contributed by atoms with Crippen molar-refractivity contribution >= 4 is 31.6 Å². The van der Waals surface area contributed by atoms with E-state index < -0.39 is 32.5 Å². The Bertz CT molecular complexity index is 1200. The molecule has 1 aliphatic heterocycles. The Kier molecular flexibility index (Phi) is 7.94. The molecule has 33 heavy (non-hydrogen) atoms. The second kappa shape index (κ2) is 10.3. The number of sulfonamides is 2. The van der Waals surface area contributed by atoms with Crippen LogP contribution in [-0.4, -0.2) is 58.0 Å². The van der Waals surface area contributed by atoms with Crippen LogP contribution in [0.25, 0.3) is 0 Å². The number of benzene rings is 2. The highest BCUT2D eigenvalue weighted by Crippen LogP contribution is 2.26. The molecule has 2 aromatic carbocycles. The van der Waals surface area contributed by atoms with E-state index in [0.29, 0.717) is 24.3 Å². The lowest BCUT2D eigenvalue weighted by Gasteiger charge is -2.22. The van der Waals surface area contributed by atoms with E-state index in [4.69, 9.17) is 0 Å². The SMILES string of the molecule is Cc1ccc(S(=O)(=O)N(C)CC(=O)Nc2ccc(C)c(S(=O)(=O)N3CCCCCC3)c2)cc1. The smallest absolute Gasteiger partial charge is 0.243 e. The first kappa shape index (κ1) is 25.4. The molecule has 0 radical (unpaired) electrons. The molecule has 1 aliphatic rings. The number of rotatable bonds is 7. The Morgan fingerprint density at radius 2 is 1.55 bits per heavy atom. The quantitative estimate of drug-likeness (QED) is 0.638. The number of carbonyl (C=O) groups is 1. The second-order valence-electron chi connectivity index (χ2n) is 8.42. The van der Waals surface area contributed by atoms with Crippen LogP contribution < -0.4 is 5.32 Å². The first-order valence-electron chi connectivity index (χ1n) is 11.0. The van der Waals surface area contributed by atoms with Crippen LogP contribution in [0.4, 0.5) is 5.69 Å². The van der Waals surface area contributed by atoms with E-state index in [1.165, 1.54) is 29.6 Å². The monoisotopic (exact) mass is 493 g/mol. The number of nitrogens with zero attached hydrogens (tertiary/aromatic N) is 2. The van der Waals surface area contributed by atoms with Gasteiger partial charge in [-0.1, -0.05) is 36.6 Å². The lowest BCUT2D eigenvalue weighted by molar-refractivity contribution is -0.116. The van der Waals surface area contributed by atoms with Gasteiger partial charge in [0.15, 0.2) is 0 Å². The van der Waals surface area contributed by atoms with Gasteiger partial charge in [-0.25, -0.2) is 16.8 Å². The summed E-state index contributed by atoms with van der Waals surface area (Å²) >= 11 is 0. The van der Waals surface area contributed by atoms with Gasteiger partial charge in [0.25, 0.3) is 0 Å². The fourth-order valence-corrected chi connectivity index (χ4v) is 6.65. The second-order valence-corrected chi connectivity index (χ2v) is 12.4. The van der Waals surface area contributed by atoms with Gasteiger partial charge in [-0.15, -0.1) is 0 Å². The van der Waals surface area contributed by atoms with Crippen LogP contribution in [0.1, 0.15) is 36.8 Å². The molecular formula is C23H31N3O5S2. The van der Waals surface area contributed by atoms with E-state index >= 15 is 0 Å². The Hall–Kier alpha value is -2.27. The summed E-state index contributed by atoms with van der Waals surface area (Å²) in [4.78, 5) is 12.8. The molecule has 1 N–H and O–H groups in total. The largest absolute Gasteiger partial charge is 0.325 e. The first-order chi connectivity index (χ1) is 15.5. The van der Waals surface area contributed by atoms with Gasteiger partial charge in [0.1, 0.15) is 0 Å². The van der Waals surface area contributed by atoms with Crippen LogP contribution in [0, 0.1) is 13.8 Å². The van der Waals surface area contributed by atoms with Gasteiger partial charge in [-0.2, -0.15) is 8.61 Å². The molecule has 0 aliphatic carbocycles. The molecule has 8 nitrogen and oxygen atoms in total. The van der Waals surface area contributed by atoms with Crippen LogP contribution in [-0.2, 0) is 24.8 Å². The molecule has 1 fully saturated rings. The molecule has 2 aromatic rings. The van der Waals surface area contributed by atoms with Crippen molar-refractivity contribution in [2.24, 2.45) is 0 Å². The lowest BCUT2D eigenvalue weighted by Crippen LogP contribution is -2.35. The van der Waals surface area contributed by atoms with Crippen LogP contribution in [0.5, 0.6) is 0 Å². The first-order valence-corrected chi connectivity index (χ1v) is 13.8. The number of nitrogens with one attached hydrogen (secondary N) is 1. The fraction of sp³-hybridized carbons (Fsp3) is 0.435. The third-order valence-electron chi connectivity index (χ3n) is 5.75. The molecule has 10 heteroatoms. The number of hydrogen-bond donors (Lipinski definition) is 1. The van der Waals surface area contributed by atoms with Gasteiger partial charge in [0.05, 0.1) is 16.3 Å². The average molecular weight is 494 g/mol. The Morgan fingerprint density at radius 1 is 0.939 bits per heavy atom. The van der Waals surface area contributed by atoms with Crippen molar-refractivity contribution in [2.75, 3.05) is 32.0 Å². The Balaban J connectivity index is 1.74. The van der Waals surface area contributed by atoms with E-state index in [-0.39, 0.29) is 9.79 Å². The topological polar surface area (TPSA) is 104 Å². The minimum absolute atomic E-state index is 0.101. The van der Waals surface area contributed by atoms with E-state index in [0.717, 1.165) is 35.6 Å². The molecule has 3 rings (SSSR count). The molecule has 1 amide bonds. The van der Waals surface area contributed by atoms with Crippen LogP contribution in [0.2, 0.25) is 0 Å². The lowest BCUT2D eigenvalue weighted by atomic mass is 10.2. The predicted octanol–water partition coefficient (Wildman–Crippen LogP) is 3.13. The third-order valence-corrected chi connectivity index (χ3v) is 9.61. The van der Waals surface area contributed by atoms with Crippen molar-refractivity contribution in [2.45, 2.75) is 49.3 Å².